The third-order valence-corrected chi connectivity index (χ3v) is 4.24. The Balaban J connectivity index is 1.75. The number of carbonyl (C=O) groups is 1. The Kier molecular flexibility index (Phi) is 5.95. The first-order valence-corrected chi connectivity index (χ1v) is 8.15. The smallest absolute Gasteiger partial charge is 0.221 e. The number of H-pyrrole nitrogens is 1. The second-order valence-corrected chi connectivity index (χ2v) is 6.00. The maximum absolute atomic E-state index is 11.7. The minimum absolute atomic E-state index is 0.0996. The highest BCUT2D eigenvalue weighted by molar-refractivity contribution is 7.13. The van der Waals surface area contributed by atoms with Gasteiger partial charge >= 0.3 is 0 Å². The monoisotopic (exact) mass is 306 g/mol. The van der Waals surface area contributed by atoms with E-state index < -0.39 is 0 Å². The van der Waals surface area contributed by atoms with E-state index in [1.807, 2.05) is 24.6 Å². The first-order valence-electron chi connectivity index (χ1n) is 7.27. The van der Waals surface area contributed by atoms with Crippen molar-refractivity contribution in [1.82, 2.24) is 20.8 Å². The van der Waals surface area contributed by atoms with Crippen LogP contribution >= 0.6 is 11.3 Å². The van der Waals surface area contributed by atoms with Crippen LogP contribution in [0.5, 0.6) is 0 Å². The SMILES string of the molecule is CCC(C)NC(=O)CCNCc1cn[nH]c1-c1cccs1. The van der Waals surface area contributed by atoms with E-state index in [9.17, 15) is 4.79 Å². The number of rotatable bonds is 8. The Morgan fingerprint density at radius 1 is 1.52 bits per heavy atom. The summed E-state index contributed by atoms with van der Waals surface area (Å²) < 4.78 is 0. The van der Waals surface area contributed by atoms with E-state index in [1.165, 1.54) is 4.88 Å². The van der Waals surface area contributed by atoms with Crippen molar-refractivity contribution in [3.8, 4) is 10.6 Å². The van der Waals surface area contributed by atoms with Gasteiger partial charge in [-0.3, -0.25) is 9.89 Å². The average molecular weight is 306 g/mol. The summed E-state index contributed by atoms with van der Waals surface area (Å²) in [4.78, 5) is 12.8. The average Bonchev–Trinajstić information content (AvgIpc) is 3.13. The van der Waals surface area contributed by atoms with Gasteiger partial charge in [-0.05, 0) is 24.8 Å². The molecule has 2 rings (SSSR count). The molecule has 21 heavy (non-hydrogen) atoms. The highest BCUT2D eigenvalue weighted by atomic mass is 32.1. The van der Waals surface area contributed by atoms with E-state index >= 15 is 0 Å². The molecular weight excluding hydrogens is 284 g/mol. The predicted molar refractivity (Wildman–Crippen MR) is 86.1 cm³/mol. The predicted octanol–water partition coefficient (Wildman–Crippen LogP) is 2.53. The summed E-state index contributed by atoms with van der Waals surface area (Å²) in [5.74, 6) is 0.0996. The van der Waals surface area contributed by atoms with Crippen molar-refractivity contribution < 1.29 is 4.79 Å². The first-order chi connectivity index (χ1) is 10.2. The second kappa shape index (κ2) is 7.95. The van der Waals surface area contributed by atoms with E-state index in [-0.39, 0.29) is 11.9 Å². The summed E-state index contributed by atoms with van der Waals surface area (Å²) in [6.45, 7) is 5.45. The minimum Gasteiger partial charge on any atom is -0.354 e. The summed E-state index contributed by atoms with van der Waals surface area (Å²) in [6, 6.07) is 4.34. The molecule has 114 valence electrons. The quantitative estimate of drug-likeness (QED) is 0.656. The van der Waals surface area contributed by atoms with Crippen molar-refractivity contribution in [2.45, 2.75) is 39.3 Å². The third kappa shape index (κ3) is 4.68. The van der Waals surface area contributed by atoms with E-state index in [4.69, 9.17) is 0 Å². The van der Waals surface area contributed by atoms with Gasteiger partial charge < -0.3 is 10.6 Å². The van der Waals surface area contributed by atoms with Crippen LogP contribution in [-0.4, -0.2) is 28.7 Å². The van der Waals surface area contributed by atoms with Gasteiger partial charge in [-0.15, -0.1) is 11.3 Å². The zero-order valence-corrected chi connectivity index (χ0v) is 13.3. The largest absolute Gasteiger partial charge is 0.354 e. The molecule has 1 amide bonds. The molecule has 2 aromatic rings. The maximum Gasteiger partial charge on any atom is 0.221 e. The van der Waals surface area contributed by atoms with Gasteiger partial charge in [0.05, 0.1) is 16.8 Å². The summed E-state index contributed by atoms with van der Waals surface area (Å²) >= 11 is 1.69. The molecule has 0 fully saturated rings. The Morgan fingerprint density at radius 2 is 2.38 bits per heavy atom. The fourth-order valence-electron chi connectivity index (χ4n) is 1.95. The number of hydrogen-bond donors (Lipinski definition) is 3. The third-order valence-electron chi connectivity index (χ3n) is 3.35. The molecule has 1 atom stereocenters. The lowest BCUT2D eigenvalue weighted by Gasteiger charge is -2.11. The van der Waals surface area contributed by atoms with Crippen LogP contribution in [0, 0.1) is 0 Å². The highest BCUT2D eigenvalue weighted by Gasteiger charge is 2.09. The van der Waals surface area contributed by atoms with Crippen LogP contribution in [0.15, 0.2) is 23.7 Å². The molecule has 0 saturated carbocycles. The van der Waals surface area contributed by atoms with E-state index in [2.05, 4.69) is 33.8 Å². The summed E-state index contributed by atoms with van der Waals surface area (Å²) in [7, 11) is 0. The summed E-state index contributed by atoms with van der Waals surface area (Å²) in [6.07, 6.45) is 3.29. The summed E-state index contributed by atoms with van der Waals surface area (Å²) in [5.41, 5.74) is 2.18. The molecule has 0 aliphatic carbocycles. The standard InChI is InChI=1S/C15H22N4OS/c1-3-11(2)18-14(20)6-7-16-9-12-10-17-19-15(12)13-5-4-8-21-13/h4-5,8,10-11,16H,3,6-7,9H2,1-2H3,(H,17,19)(H,18,20). The van der Waals surface area contributed by atoms with Gasteiger partial charge in [0, 0.05) is 31.1 Å². The fourth-order valence-corrected chi connectivity index (χ4v) is 2.71. The van der Waals surface area contributed by atoms with Crippen LogP contribution in [0.2, 0.25) is 0 Å². The van der Waals surface area contributed by atoms with E-state index in [0.717, 1.165) is 17.7 Å². The maximum atomic E-state index is 11.7. The Morgan fingerprint density at radius 3 is 3.10 bits per heavy atom. The molecule has 0 aliphatic rings. The van der Waals surface area contributed by atoms with E-state index in [0.29, 0.717) is 19.5 Å². The molecule has 5 nitrogen and oxygen atoms in total. The molecule has 2 aromatic heterocycles. The number of thiophene rings is 1. The highest BCUT2D eigenvalue weighted by Crippen LogP contribution is 2.25. The summed E-state index contributed by atoms with van der Waals surface area (Å²) in [5, 5.41) is 15.4. The van der Waals surface area contributed by atoms with Crippen molar-refractivity contribution in [2.75, 3.05) is 6.54 Å². The molecule has 6 heteroatoms. The number of hydrogen-bond acceptors (Lipinski definition) is 4. The molecule has 0 spiro atoms. The van der Waals surface area contributed by atoms with Gasteiger partial charge in [-0.1, -0.05) is 13.0 Å². The molecule has 3 N–H and O–H groups in total. The van der Waals surface area contributed by atoms with Gasteiger partial charge in [0.15, 0.2) is 0 Å². The Labute approximate surface area is 129 Å². The van der Waals surface area contributed by atoms with Gasteiger partial charge in [0.1, 0.15) is 0 Å². The van der Waals surface area contributed by atoms with Gasteiger partial charge in [0.2, 0.25) is 5.91 Å². The first kappa shape index (κ1) is 15.7. The van der Waals surface area contributed by atoms with E-state index in [1.54, 1.807) is 11.3 Å². The van der Waals surface area contributed by atoms with Gasteiger partial charge in [-0.2, -0.15) is 5.10 Å². The zero-order chi connectivity index (χ0) is 15.1. The van der Waals surface area contributed by atoms with Crippen LogP contribution in [0.4, 0.5) is 0 Å². The normalized spacial score (nSPS) is 12.3. The minimum atomic E-state index is 0.0996. The lowest BCUT2D eigenvalue weighted by Crippen LogP contribution is -2.33. The fraction of sp³-hybridized carbons (Fsp3) is 0.467. The number of amides is 1. The Hall–Kier alpha value is -1.66. The Bertz CT molecular complexity index is 550. The van der Waals surface area contributed by atoms with Crippen LogP contribution < -0.4 is 10.6 Å². The number of nitrogens with zero attached hydrogens (tertiary/aromatic N) is 1. The number of aromatic nitrogens is 2. The van der Waals surface area contributed by atoms with Crippen molar-refractivity contribution in [2.24, 2.45) is 0 Å². The molecule has 0 saturated heterocycles. The molecule has 0 aromatic carbocycles. The lowest BCUT2D eigenvalue weighted by atomic mass is 10.2. The lowest BCUT2D eigenvalue weighted by molar-refractivity contribution is -0.121. The van der Waals surface area contributed by atoms with Crippen LogP contribution in [0.3, 0.4) is 0 Å². The molecule has 2 heterocycles. The van der Waals surface area contributed by atoms with Crippen molar-refractivity contribution in [1.29, 1.82) is 0 Å². The van der Waals surface area contributed by atoms with Gasteiger partial charge in [0.25, 0.3) is 0 Å². The van der Waals surface area contributed by atoms with Crippen molar-refractivity contribution in [3.63, 3.8) is 0 Å². The van der Waals surface area contributed by atoms with Crippen molar-refractivity contribution in [3.05, 3.63) is 29.3 Å². The van der Waals surface area contributed by atoms with Gasteiger partial charge in [-0.25, -0.2) is 0 Å². The molecule has 1 unspecified atom stereocenters. The van der Waals surface area contributed by atoms with Crippen LogP contribution in [-0.2, 0) is 11.3 Å². The number of nitrogens with one attached hydrogen (secondary N) is 3. The van der Waals surface area contributed by atoms with Crippen molar-refractivity contribution >= 4 is 17.2 Å². The zero-order valence-electron chi connectivity index (χ0n) is 12.5. The number of aromatic amines is 1. The number of carbonyl (C=O) groups excluding carboxylic acids is 1. The molecule has 0 aliphatic heterocycles. The second-order valence-electron chi connectivity index (χ2n) is 5.05. The molecule has 0 radical (unpaired) electrons. The molecule has 0 bridgehead atoms. The van der Waals surface area contributed by atoms with Crippen LogP contribution in [0.25, 0.3) is 10.6 Å². The molecular formula is C15H22N4OS. The topological polar surface area (TPSA) is 69.8 Å². The van der Waals surface area contributed by atoms with Crippen LogP contribution in [0.1, 0.15) is 32.3 Å².